The fraction of sp³-hybridized carbons (Fsp3) is 0.273. The van der Waals surface area contributed by atoms with E-state index in [1.165, 1.54) is 0 Å². The Morgan fingerprint density at radius 1 is 1.07 bits per heavy atom. The van der Waals surface area contributed by atoms with Crippen molar-refractivity contribution in [3.63, 3.8) is 0 Å². The molecule has 2 aromatic carbocycles. The highest BCUT2D eigenvalue weighted by atomic mass is 35.5. The summed E-state index contributed by atoms with van der Waals surface area (Å²) < 4.78 is 0. The van der Waals surface area contributed by atoms with Crippen LogP contribution in [0.1, 0.15) is 5.56 Å². The van der Waals surface area contributed by atoms with Gasteiger partial charge in [-0.15, -0.1) is 0 Å². The number of fused-ring (bicyclic) bond motifs is 1. The summed E-state index contributed by atoms with van der Waals surface area (Å²) in [4.78, 5) is 21.4. The lowest BCUT2D eigenvalue weighted by atomic mass is 10.1. The topological polar surface area (TPSA) is 68.7 Å². The number of nitrogens with one attached hydrogen (secondary N) is 1. The quantitative estimate of drug-likeness (QED) is 0.676. The first kappa shape index (κ1) is 19.6. The lowest BCUT2D eigenvalue weighted by Crippen LogP contribution is -2.49. The Hall–Kier alpha value is -2.67. The largest absolute Gasteiger partial charge is 0.392 e. The first-order valence-electron chi connectivity index (χ1n) is 9.64. The number of carbonyl (C=O) groups excluding carboxylic acids is 1. The maximum Gasteiger partial charge on any atom is 0.238 e. The van der Waals surface area contributed by atoms with E-state index in [1.807, 2.05) is 30.3 Å². The average molecular weight is 411 g/mol. The summed E-state index contributed by atoms with van der Waals surface area (Å²) in [7, 11) is 0. The molecule has 1 amide bonds. The molecule has 1 aliphatic heterocycles. The Labute approximate surface area is 174 Å². The number of pyridine rings is 1. The summed E-state index contributed by atoms with van der Waals surface area (Å²) >= 11 is 5.88. The Morgan fingerprint density at radius 2 is 1.79 bits per heavy atom. The number of nitrogens with zero attached hydrogens (tertiary/aromatic N) is 3. The van der Waals surface area contributed by atoms with E-state index in [0.29, 0.717) is 11.6 Å². The molecule has 0 radical (unpaired) electrons. The number of para-hydroxylation sites is 1. The fourth-order valence-electron chi connectivity index (χ4n) is 3.59. The molecule has 0 atom stereocenters. The SMILES string of the molecule is O=C(CN1CCN(c2nc3ccccc3cc2CO)CC1)Nc1ccc(Cl)cc1. The van der Waals surface area contributed by atoms with Gasteiger partial charge in [-0.2, -0.15) is 0 Å². The molecule has 1 aromatic heterocycles. The van der Waals surface area contributed by atoms with Gasteiger partial charge in [0, 0.05) is 47.8 Å². The second-order valence-corrected chi connectivity index (χ2v) is 7.58. The zero-order valence-corrected chi connectivity index (χ0v) is 16.8. The van der Waals surface area contributed by atoms with E-state index in [0.717, 1.165) is 54.2 Å². The molecule has 2 N–H and O–H groups in total. The van der Waals surface area contributed by atoms with Crippen molar-refractivity contribution in [2.24, 2.45) is 0 Å². The van der Waals surface area contributed by atoms with E-state index in [-0.39, 0.29) is 12.5 Å². The van der Waals surface area contributed by atoms with Gasteiger partial charge in [-0.3, -0.25) is 9.69 Å². The molecule has 1 aliphatic rings. The second-order valence-electron chi connectivity index (χ2n) is 7.14. The molecule has 4 rings (SSSR count). The van der Waals surface area contributed by atoms with E-state index in [4.69, 9.17) is 16.6 Å². The van der Waals surface area contributed by atoms with Crippen molar-refractivity contribution >= 4 is 39.9 Å². The molecule has 3 aromatic rings. The van der Waals surface area contributed by atoms with Gasteiger partial charge in [0.2, 0.25) is 5.91 Å². The third-order valence-corrected chi connectivity index (χ3v) is 5.37. The van der Waals surface area contributed by atoms with Crippen molar-refractivity contribution in [1.29, 1.82) is 0 Å². The number of piperazine rings is 1. The molecule has 0 spiro atoms. The van der Waals surface area contributed by atoms with Crippen molar-refractivity contribution < 1.29 is 9.90 Å². The maximum atomic E-state index is 12.3. The molecule has 150 valence electrons. The molecular formula is C22H23ClN4O2. The van der Waals surface area contributed by atoms with Gasteiger partial charge < -0.3 is 15.3 Å². The summed E-state index contributed by atoms with van der Waals surface area (Å²) in [6.45, 7) is 3.32. The summed E-state index contributed by atoms with van der Waals surface area (Å²) in [5.74, 6) is 0.789. The highest BCUT2D eigenvalue weighted by Gasteiger charge is 2.22. The van der Waals surface area contributed by atoms with Crippen molar-refractivity contribution in [3.05, 3.63) is 65.2 Å². The van der Waals surface area contributed by atoms with Gasteiger partial charge in [-0.1, -0.05) is 29.8 Å². The lowest BCUT2D eigenvalue weighted by molar-refractivity contribution is -0.117. The number of amides is 1. The lowest BCUT2D eigenvalue weighted by Gasteiger charge is -2.35. The summed E-state index contributed by atoms with van der Waals surface area (Å²) in [6.07, 6.45) is 0. The molecule has 0 unspecified atom stereocenters. The Morgan fingerprint density at radius 3 is 2.52 bits per heavy atom. The van der Waals surface area contributed by atoms with Gasteiger partial charge in [0.05, 0.1) is 18.7 Å². The van der Waals surface area contributed by atoms with Gasteiger partial charge in [0.15, 0.2) is 0 Å². The van der Waals surface area contributed by atoms with Crippen LogP contribution in [0, 0.1) is 0 Å². The third kappa shape index (κ3) is 4.67. The van der Waals surface area contributed by atoms with E-state index >= 15 is 0 Å². The van der Waals surface area contributed by atoms with Gasteiger partial charge >= 0.3 is 0 Å². The monoisotopic (exact) mass is 410 g/mol. The summed E-state index contributed by atoms with van der Waals surface area (Å²) in [6, 6.07) is 17.0. The molecule has 0 saturated carbocycles. The molecule has 6 nitrogen and oxygen atoms in total. The molecule has 29 heavy (non-hydrogen) atoms. The number of hydrogen-bond acceptors (Lipinski definition) is 5. The van der Waals surface area contributed by atoms with Crippen LogP contribution in [-0.4, -0.2) is 53.6 Å². The maximum absolute atomic E-state index is 12.3. The standard InChI is InChI=1S/C22H23ClN4O2/c23-18-5-7-19(8-6-18)24-21(29)14-26-9-11-27(12-10-26)22-17(15-28)13-16-3-1-2-4-20(16)25-22/h1-8,13,28H,9-12,14-15H2,(H,24,29). The van der Waals surface area contributed by atoms with Crippen molar-refractivity contribution in [2.75, 3.05) is 42.9 Å². The highest BCUT2D eigenvalue weighted by molar-refractivity contribution is 6.30. The van der Waals surface area contributed by atoms with Crippen LogP contribution in [0.3, 0.4) is 0 Å². The highest BCUT2D eigenvalue weighted by Crippen LogP contribution is 2.24. The minimum Gasteiger partial charge on any atom is -0.392 e. The minimum absolute atomic E-state index is 0.0411. The van der Waals surface area contributed by atoms with E-state index in [1.54, 1.807) is 24.3 Å². The number of rotatable bonds is 5. The molecule has 0 bridgehead atoms. The molecule has 0 aliphatic carbocycles. The number of anilines is 2. The van der Waals surface area contributed by atoms with Crippen LogP contribution in [-0.2, 0) is 11.4 Å². The van der Waals surface area contributed by atoms with Crippen molar-refractivity contribution in [1.82, 2.24) is 9.88 Å². The summed E-state index contributed by atoms with van der Waals surface area (Å²) in [5, 5.41) is 14.4. The van der Waals surface area contributed by atoms with Crippen molar-refractivity contribution in [2.45, 2.75) is 6.61 Å². The van der Waals surface area contributed by atoms with Gasteiger partial charge in [0.1, 0.15) is 5.82 Å². The van der Waals surface area contributed by atoms with Crippen LogP contribution in [0.2, 0.25) is 5.02 Å². The molecular weight excluding hydrogens is 388 g/mol. The molecule has 7 heteroatoms. The fourth-order valence-corrected chi connectivity index (χ4v) is 3.72. The zero-order chi connectivity index (χ0) is 20.2. The number of aliphatic hydroxyl groups is 1. The number of hydrogen-bond donors (Lipinski definition) is 2. The van der Waals surface area contributed by atoms with Gasteiger partial charge in [-0.25, -0.2) is 4.98 Å². The molecule has 1 saturated heterocycles. The molecule has 2 heterocycles. The number of halogens is 1. The van der Waals surface area contributed by atoms with E-state index < -0.39 is 0 Å². The predicted octanol–water partition coefficient (Wildman–Crippen LogP) is 3.14. The number of aliphatic hydroxyl groups excluding tert-OH is 1. The second kappa shape index (κ2) is 8.78. The third-order valence-electron chi connectivity index (χ3n) is 5.12. The van der Waals surface area contributed by atoms with Crippen LogP contribution < -0.4 is 10.2 Å². The van der Waals surface area contributed by atoms with Crippen LogP contribution in [0.4, 0.5) is 11.5 Å². The zero-order valence-electron chi connectivity index (χ0n) is 16.0. The van der Waals surface area contributed by atoms with Crippen LogP contribution in [0.15, 0.2) is 54.6 Å². The Kier molecular flexibility index (Phi) is 5.94. The first-order chi connectivity index (χ1) is 14.1. The van der Waals surface area contributed by atoms with Crippen LogP contribution in [0.25, 0.3) is 10.9 Å². The van der Waals surface area contributed by atoms with Crippen molar-refractivity contribution in [3.8, 4) is 0 Å². The Bertz CT molecular complexity index is 1000. The average Bonchev–Trinajstić information content (AvgIpc) is 2.75. The first-order valence-corrected chi connectivity index (χ1v) is 10.0. The number of aromatic nitrogens is 1. The van der Waals surface area contributed by atoms with Crippen LogP contribution >= 0.6 is 11.6 Å². The van der Waals surface area contributed by atoms with Crippen LogP contribution in [0.5, 0.6) is 0 Å². The number of benzene rings is 2. The summed E-state index contributed by atoms with van der Waals surface area (Å²) in [5.41, 5.74) is 2.49. The predicted molar refractivity (Wildman–Crippen MR) is 116 cm³/mol. The minimum atomic E-state index is -0.0448. The van der Waals surface area contributed by atoms with E-state index in [2.05, 4.69) is 15.1 Å². The van der Waals surface area contributed by atoms with Gasteiger partial charge in [0.25, 0.3) is 0 Å². The molecule has 1 fully saturated rings. The normalized spacial score (nSPS) is 14.9. The van der Waals surface area contributed by atoms with Gasteiger partial charge in [-0.05, 0) is 36.4 Å². The van der Waals surface area contributed by atoms with E-state index in [9.17, 15) is 9.90 Å². The smallest absolute Gasteiger partial charge is 0.238 e. The number of carbonyl (C=O) groups is 1. The Balaban J connectivity index is 1.37.